The van der Waals surface area contributed by atoms with E-state index < -0.39 is 0 Å². The molecule has 0 aliphatic heterocycles. The van der Waals surface area contributed by atoms with Gasteiger partial charge < -0.3 is 15.4 Å². The second-order valence-electron chi connectivity index (χ2n) is 6.83. The predicted molar refractivity (Wildman–Crippen MR) is 110 cm³/mol. The van der Waals surface area contributed by atoms with Gasteiger partial charge in [-0.15, -0.1) is 0 Å². The molecule has 0 heterocycles. The number of rotatable bonds is 6. The summed E-state index contributed by atoms with van der Waals surface area (Å²) in [5, 5.41) is 7.88. The van der Waals surface area contributed by atoms with Crippen LogP contribution in [0.4, 0.5) is 0 Å². The van der Waals surface area contributed by atoms with Crippen LogP contribution >= 0.6 is 23.2 Å². The Hall–Kier alpha value is -1.75. The molecule has 0 bridgehead atoms. The molecule has 1 aliphatic carbocycles. The second kappa shape index (κ2) is 9.45. The van der Waals surface area contributed by atoms with Gasteiger partial charge in [0.25, 0.3) is 5.91 Å². The third-order valence-corrected chi connectivity index (χ3v) is 5.73. The van der Waals surface area contributed by atoms with Crippen molar-refractivity contribution in [3.05, 3.63) is 63.6 Å². The van der Waals surface area contributed by atoms with Crippen LogP contribution in [0, 0.1) is 0 Å². The van der Waals surface area contributed by atoms with Gasteiger partial charge in [0.05, 0.1) is 17.2 Å². The lowest BCUT2D eigenvalue weighted by Gasteiger charge is -2.33. The van der Waals surface area contributed by atoms with E-state index in [1.807, 2.05) is 18.2 Å². The van der Waals surface area contributed by atoms with Gasteiger partial charge in [0.1, 0.15) is 5.75 Å². The minimum Gasteiger partial charge on any atom is -0.497 e. The van der Waals surface area contributed by atoms with Crippen LogP contribution in [0.15, 0.2) is 42.5 Å². The average Bonchev–Trinajstić information content (AvgIpc) is 2.70. The number of halogens is 2. The van der Waals surface area contributed by atoms with Crippen LogP contribution in [-0.2, 0) is 6.54 Å². The van der Waals surface area contributed by atoms with E-state index in [9.17, 15) is 4.79 Å². The molecule has 0 saturated heterocycles. The first-order chi connectivity index (χ1) is 13.1. The summed E-state index contributed by atoms with van der Waals surface area (Å²) in [6, 6.07) is 13.2. The predicted octanol–water partition coefficient (Wildman–Crippen LogP) is 4.83. The Balaban J connectivity index is 1.60. The molecule has 0 unspecified atom stereocenters. The fourth-order valence-electron chi connectivity index (χ4n) is 3.44. The number of ether oxygens (including phenoxy) is 1. The van der Waals surface area contributed by atoms with Crippen molar-refractivity contribution < 1.29 is 9.53 Å². The molecule has 0 aromatic heterocycles. The number of carbonyl (C=O) groups excluding carboxylic acids is 1. The molecule has 27 heavy (non-hydrogen) atoms. The monoisotopic (exact) mass is 406 g/mol. The highest BCUT2D eigenvalue weighted by Crippen LogP contribution is 2.24. The number of nitrogens with one attached hydrogen (secondary N) is 2. The molecular formula is C21H24Cl2N2O2. The van der Waals surface area contributed by atoms with Gasteiger partial charge in [0.15, 0.2) is 0 Å². The van der Waals surface area contributed by atoms with E-state index in [2.05, 4.69) is 10.6 Å². The Morgan fingerprint density at radius 2 is 1.74 bits per heavy atom. The minimum absolute atomic E-state index is 0.0501. The molecule has 2 aromatic rings. The maximum Gasteiger partial charge on any atom is 0.251 e. The fourth-order valence-corrected chi connectivity index (χ4v) is 3.76. The molecule has 2 N–H and O–H groups in total. The summed E-state index contributed by atoms with van der Waals surface area (Å²) in [6.45, 7) is 0.691. The number of methoxy groups -OCH3 is 1. The van der Waals surface area contributed by atoms with E-state index in [1.54, 1.807) is 31.4 Å². The Morgan fingerprint density at radius 1 is 1.04 bits per heavy atom. The Bertz CT molecular complexity index is 780. The normalized spacial score (nSPS) is 19.5. The van der Waals surface area contributed by atoms with Crippen molar-refractivity contribution in [2.75, 3.05) is 7.11 Å². The highest BCUT2D eigenvalue weighted by molar-refractivity contribution is 6.42. The molecule has 1 saturated carbocycles. The SMILES string of the molecule is COc1ccc(C(=O)N[C@@H]2CCCC[C@@H]2NCc2ccc(Cl)c(Cl)c2)cc1. The van der Waals surface area contributed by atoms with Crippen molar-refractivity contribution in [3.8, 4) is 5.75 Å². The summed E-state index contributed by atoms with van der Waals surface area (Å²) in [5.41, 5.74) is 1.72. The van der Waals surface area contributed by atoms with E-state index in [4.69, 9.17) is 27.9 Å². The molecule has 1 aliphatic rings. The maximum absolute atomic E-state index is 12.6. The summed E-state index contributed by atoms with van der Waals surface area (Å²) in [5.74, 6) is 0.691. The highest BCUT2D eigenvalue weighted by Gasteiger charge is 2.26. The lowest BCUT2D eigenvalue weighted by Crippen LogP contribution is -2.51. The molecule has 144 valence electrons. The van der Waals surface area contributed by atoms with Crippen molar-refractivity contribution >= 4 is 29.1 Å². The molecule has 0 spiro atoms. The van der Waals surface area contributed by atoms with E-state index in [0.717, 1.165) is 37.0 Å². The molecule has 2 atom stereocenters. The fraction of sp³-hybridized carbons (Fsp3) is 0.381. The number of hydrogen-bond donors (Lipinski definition) is 2. The number of benzene rings is 2. The Morgan fingerprint density at radius 3 is 2.41 bits per heavy atom. The highest BCUT2D eigenvalue weighted by atomic mass is 35.5. The van der Waals surface area contributed by atoms with Gasteiger partial charge in [-0.2, -0.15) is 0 Å². The Labute approximate surface area is 170 Å². The van der Waals surface area contributed by atoms with Gasteiger partial charge in [-0.25, -0.2) is 0 Å². The summed E-state index contributed by atoms with van der Waals surface area (Å²) in [6.07, 6.45) is 4.29. The molecule has 2 aromatic carbocycles. The van der Waals surface area contributed by atoms with E-state index in [-0.39, 0.29) is 18.0 Å². The van der Waals surface area contributed by atoms with E-state index in [0.29, 0.717) is 22.2 Å². The van der Waals surface area contributed by atoms with Crippen LogP contribution in [0.5, 0.6) is 5.75 Å². The van der Waals surface area contributed by atoms with Gasteiger partial charge in [-0.3, -0.25) is 4.79 Å². The van der Waals surface area contributed by atoms with Crippen molar-refractivity contribution in [1.29, 1.82) is 0 Å². The maximum atomic E-state index is 12.6. The lowest BCUT2D eigenvalue weighted by atomic mass is 9.90. The summed E-state index contributed by atoms with van der Waals surface area (Å²) >= 11 is 12.1. The van der Waals surface area contributed by atoms with Crippen LogP contribution in [0.3, 0.4) is 0 Å². The third kappa shape index (κ3) is 5.38. The van der Waals surface area contributed by atoms with Crippen molar-refractivity contribution in [3.63, 3.8) is 0 Å². The molecular weight excluding hydrogens is 383 g/mol. The minimum atomic E-state index is -0.0501. The van der Waals surface area contributed by atoms with Crippen molar-refractivity contribution in [2.24, 2.45) is 0 Å². The van der Waals surface area contributed by atoms with Crippen molar-refractivity contribution in [2.45, 2.75) is 44.3 Å². The molecule has 6 heteroatoms. The second-order valence-corrected chi connectivity index (χ2v) is 7.64. The number of hydrogen-bond acceptors (Lipinski definition) is 3. The van der Waals surface area contributed by atoms with Gasteiger partial charge in [-0.1, -0.05) is 42.1 Å². The zero-order chi connectivity index (χ0) is 19.2. The third-order valence-electron chi connectivity index (χ3n) is 4.99. The molecule has 1 fully saturated rings. The van der Waals surface area contributed by atoms with Gasteiger partial charge in [0, 0.05) is 24.2 Å². The summed E-state index contributed by atoms with van der Waals surface area (Å²) < 4.78 is 5.15. The summed E-state index contributed by atoms with van der Waals surface area (Å²) in [7, 11) is 1.61. The van der Waals surface area contributed by atoms with Gasteiger partial charge >= 0.3 is 0 Å². The topological polar surface area (TPSA) is 50.4 Å². The quantitative estimate of drug-likeness (QED) is 0.721. The molecule has 0 radical (unpaired) electrons. The van der Waals surface area contributed by atoms with Crippen molar-refractivity contribution in [1.82, 2.24) is 10.6 Å². The summed E-state index contributed by atoms with van der Waals surface area (Å²) in [4.78, 5) is 12.6. The molecule has 4 nitrogen and oxygen atoms in total. The average molecular weight is 407 g/mol. The van der Waals surface area contributed by atoms with Gasteiger partial charge in [0.2, 0.25) is 0 Å². The zero-order valence-corrected chi connectivity index (χ0v) is 16.8. The molecule has 1 amide bonds. The lowest BCUT2D eigenvalue weighted by molar-refractivity contribution is 0.0915. The van der Waals surface area contributed by atoms with E-state index in [1.165, 1.54) is 0 Å². The largest absolute Gasteiger partial charge is 0.497 e. The zero-order valence-electron chi connectivity index (χ0n) is 15.3. The first-order valence-electron chi connectivity index (χ1n) is 9.19. The van der Waals surface area contributed by atoms with Crippen LogP contribution in [0.1, 0.15) is 41.6 Å². The Kier molecular flexibility index (Phi) is 7.00. The number of amides is 1. The first kappa shape index (κ1) is 20.0. The number of carbonyl (C=O) groups is 1. The van der Waals surface area contributed by atoms with Crippen LogP contribution < -0.4 is 15.4 Å². The van der Waals surface area contributed by atoms with Crippen LogP contribution in [0.25, 0.3) is 0 Å². The standard InChI is InChI=1S/C21H24Cl2N2O2/c1-27-16-9-7-15(8-10-16)21(26)25-20-5-3-2-4-19(20)24-13-14-6-11-17(22)18(23)12-14/h6-12,19-20,24H,2-5,13H2,1H3,(H,25,26)/t19-,20+/m0/s1. The van der Waals surface area contributed by atoms with E-state index >= 15 is 0 Å². The smallest absolute Gasteiger partial charge is 0.251 e. The van der Waals surface area contributed by atoms with Crippen LogP contribution in [0.2, 0.25) is 10.0 Å². The first-order valence-corrected chi connectivity index (χ1v) is 9.94. The van der Waals surface area contributed by atoms with Crippen LogP contribution in [-0.4, -0.2) is 25.1 Å². The molecule has 3 rings (SSSR count). The van der Waals surface area contributed by atoms with Gasteiger partial charge in [-0.05, 0) is 54.8 Å².